The molecule has 0 saturated heterocycles. The fourth-order valence-corrected chi connectivity index (χ4v) is 1.79. The van der Waals surface area contributed by atoms with Gasteiger partial charge in [-0.15, -0.1) is 0 Å². The largest absolute Gasteiger partial charge is 0.396 e. The van der Waals surface area contributed by atoms with E-state index in [4.69, 9.17) is 10.4 Å². The summed E-state index contributed by atoms with van der Waals surface area (Å²) in [5.74, 6) is 0. The summed E-state index contributed by atoms with van der Waals surface area (Å²) in [5, 5.41) is 17.7. The van der Waals surface area contributed by atoms with E-state index in [2.05, 4.69) is 11.0 Å². The summed E-state index contributed by atoms with van der Waals surface area (Å²) in [6, 6.07) is 2.61. The van der Waals surface area contributed by atoms with Crippen LogP contribution in [0.25, 0.3) is 0 Å². The highest BCUT2D eigenvalue weighted by molar-refractivity contribution is 5.00. The number of unbranched alkanes of at least 4 members (excludes halogenated alkanes) is 1. The molecule has 0 aromatic rings. The molecule has 0 aromatic heterocycles. The van der Waals surface area contributed by atoms with E-state index in [1.165, 1.54) is 0 Å². The Bertz CT molecular complexity index is 194. The van der Waals surface area contributed by atoms with Crippen LogP contribution < -0.4 is 0 Å². The Morgan fingerprint density at radius 1 is 1.36 bits per heavy atom. The predicted octanol–water partition coefficient (Wildman–Crippen LogP) is 1.63. The molecule has 1 unspecified atom stereocenters. The van der Waals surface area contributed by atoms with Crippen molar-refractivity contribution in [2.24, 2.45) is 5.41 Å². The van der Waals surface area contributed by atoms with Gasteiger partial charge in [-0.3, -0.25) is 0 Å². The summed E-state index contributed by atoms with van der Waals surface area (Å²) in [7, 11) is 4.01. The Labute approximate surface area is 87.3 Å². The van der Waals surface area contributed by atoms with E-state index in [0.717, 1.165) is 19.3 Å². The zero-order chi connectivity index (χ0) is 11.2. The third kappa shape index (κ3) is 4.08. The molecule has 1 atom stereocenters. The highest BCUT2D eigenvalue weighted by Gasteiger charge is 2.30. The van der Waals surface area contributed by atoms with E-state index < -0.39 is 0 Å². The Morgan fingerprint density at radius 3 is 2.29 bits per heavy atom. The lowest BCUT2D eigenvalue weighted by molar-refractivity contribution is 0.164. The van der Waals surface area contributed by atoms with Gasteiger partial charge in [-0.25, -0.2) is 0 Å². The molecule has 0 amide bonds. The van der Waals surface area contributed by atoms with Gasteiger partial charge in [-0.2, -0.15) is 5.26 Å². The molecular formula is C11H22N2O. The molecule has 3 heteroatoms. The molecule has 0 fully saturated rings. The Hall–Kier alpha value is -0.590. The summed E-state index contributed by atoms with van der Waals surface area (Å²) >= 11 is 0. The van der Waals surface area contributed by atoms with Crippen LogP contribution in [0.3, 0.4) is 0 Å². The highest BCUT2D eigenvalue weighted by Crippen LogP contribution is 2.26. The number of aliphatic hydroxyl groups is 1. The summed E-state index contributed by atoms with van der Waals surface area (Å²) in [6.07, 6.45) is 2.77. The van der Waals surface area contributed by atoms with Crippen LogP contribution in [0.2, 0.25) is 0 Å². The van der Waals surface area contributed by atoms with Crippen molar-refractivity contribution in [2.45, 2.75) is 39.2 Å². The second-order valence-electron chi connectivity index (χ2n) is 4.53. The van der Waals surface area contributed by atoms with Gasteiger partial charge >= 0.3 is 0 Å². The van der Waals surface area contributed by atoms with Crippen molar-refractivity contribution in [3.8, 4) is 6.07 Å². The van der Waals surface area contributed by atoms with Crippen LogP contribution in [-0.2, 0) is 0 Å². The smallest absolute Gasteiger partial charge is 0.0700 e. The van der Waals surface area contributed by atoms with Crippen LogP contribution in [0.5, 0.6) is 0 Å². The lowest BCUT2D eigenvalue weighted by atomic mass is 9.82. The lowest BCUT2D eigenvalue weighted by Crippen LogP contribution is -2.40. The zero-order valence-corrected chi connectivity index (χ0v) is 9.75. The SMILES string of the molecule is CN(C)C(CCCCO)C(C)(C)C#N. The van der Waals surface area contributed by atoms with Gasteiger partial charge in [-0.1, -0.05) is 0 Å². The molecule has 0 saturated carbocycles. The minimum Gasteiger partial charge on any atom is -0.396 e. The molecule has 3 nitrogen and oxygen atoms in total. The molecule has 0 aliphatic heterocycles. The van der Waals surface area contributed by atoms with E-state index in [0.29, 0.717) is 0 Å². The zero-order valence-electron chi connectivity index (χ0n) is 9.75. The molecule has 0 aromatic carbocycles. The number of rotatable bonds is 6. The van der Waals surface area contributed by atoms with Crippen LogP contribution in [0.1, 0.15) is 33.1 Å². The molecule has 0 spiro atoms. The van der Waals surface area contributed by atoms with Crippen molar-refractivity contribution in [3.63, 3.8) is 0 Å². The second-order valence-corrected chi connectivity index (χ2v) is 4.53. The maximum absolute atomic E-state index is 9.04. The first kappa shape index (κ1) is 13.4. The maximum atomic E-state index is 9.04. The number of nitrogens with zero attached hydrogens (tertiary/aromatic N) is 2. The average Bonchev–Trinajstić information content (AvgIpc) is 2.11. The van der Waals surface area contributed by atoms with Crippen LogP contribution in [0.15, 0.2) is 0 Å². The number of hydrogen-bond acceptors (Lipinski definition) is 3. The first-order chi connectivity index (χ1) is 6.45. The molecule has 0 radical (unpaired) electrons. The molecule has 1 N–H and O–H groups in total. The number of hydrogen-bond donors (Lipinski definition) is 1. The predicted molar refractivity (Wildman–Crippen MR) is 57.8 cm³/mol. The van der Waals surface area contributed by atoms with E-state index in [9.17, 15) is 0 Å². The molecular weight excluding hydrogens is 176 g/mol. The van der Waals surface area contributed by atoms with Gasteiger partial charge in [0.15, 0.2) is 0 Å². The average molecular weight is 198 g/mol. The fourth-order valence-electron chi connectivity index (χ4n) is 1.79. The molecule has 0 bridgehead atoms. The van der Waals surface area contributed by atoms with Crippen molar-refractivity contribution >= 4 is 0 Å². The molecule has 14 heavy (non-hydrogen) atoms. The van der Waals surface area contributed by atoms with Crippen LogP contribution in [0.4, 0.5) is 0 Å². The van der Waals surface area contributed by atoms with Gasteiger partial charge in [0.2, 0.25) is 0 Å². The topological polar surface area (TPSA) is 47.3 Å². The third-order valence-corrected chi connectivity index (χ3v) is 2.63. The quantitative estimate of drug-likeness (QED) is 0.660. The summed E-state index contributed by atoms with van der Waals surface area (Å²) in [5.41, 5.74) is -0.320. The van der Waals surface area contributed by atoms with E-state index in [1.54, 1.807) is 0 Å². The van der Waals surface area contributed by atoms with E-state index >= 15 is 0 Å². The van der Waals surface area contributed by atoms with Crippen molar-refractivity contribution < 1.29 is 5.11 Å². The van der Waals surface area contributed by atoms with Gasteiger partial charge in [-0.05, 0) is 47.2 Å². The first-order valence-corrected chi connectivity index (χ1v) is 5.14. The van der Waals surface area contributed by atoms with Crippen LogP contribution in [-0.4, -0.2) is 36.8 Å². The lowest BCUT2D eigenvalue weighted by Gasteiger charge is -2.33. The summed E-state index contributed by atoms with van der Waals surface area (Å²) < 4.78 is 0. The van der Waals surface area contributed by atoms with Gasteiger partial charge in [0.05, 0.1) is 11.5 Å². The van der Waals surface area contributed by atoms with Crippen LogP contribution >= 0.6 is 0 Å². The summed E-state index contributed by atoms with van der Waals surface area (Å²) in [4.78, 5) is 2.10. The standard InChI is InChI=1S/C11H22N2O/c1-11(2,9-12)10(13(3)4)7-5-6-8-14/h10,14H,5-8H2,1-4H3. The molecule has 0 aliphatic rings. The van der Waals surface area contributed by atoms with Crippen molar-refractivity contribution in [3.05, 3.63) is 0 Å². The van der Waals surface area contributed by atoms with Gasteiger partial charge in [0, 0.05) is 12.6 Å². The Balaban J connectivity index is 4.24. The fraction of sp³-hybridized carbons (Fsp3) is 0.909. The van der Waals surface area contributed by atoms with Crippen molar-refractivity contribution in [2.75, 3.05) is 20.7 Å². The van der Waals surface area contributed by atoms with E-state index in [-0.39, 0.29) is 18.1 Å². The molecule has 0 heterocycles. The number of aliphatic hydroxyl groups excluding tert-OH is 1. The van der Waals surface area contributed by atoms with E-state index in [1.807, 2.05) is 27.9 Å². The van der Waals surface area contributed by atoms with Crippen molar-refractivity contribution in [1.82, 2.24) is 4.90 Å². The minimum absolute atomic E-state index is 0.243. The molecule has 82 valence electrons. The van der Waals surface area contributed by atoms with Crippen LogP contribution in [0, 0.1) is 16.7 Å². The van der Waals surface area contributed by atoms with Gasteiger partial charge in [0.1, 0.15) is 0 Å². The first-order valence-electron chi connectivity index (χ1n) is 5.14. The molecule has 0 rings (SSSR count). The molecule has 0 aliphatic carbocycles. The maximum Gasteiger partial charge on any atom is 0.0700 e. The van der Waals surface area contributed by atoms with Gasteiger partial charge < -0.3 is 10.0 Å². The van der Waals surface area contributed by atoms with Crippen molar-refractivity contribution in [1.29, 1.82) is 5.26 Å². The Morgan fingerprint density at radius 2 is 1.93 bits per heavy atom. The summed E-state index contributed by atoms with van der Waals surface area (Å²) in [6.45, 7) is 4.18. The minimum atomic E-state index is -0.320. The second kappa shape index (κ2) is 6.00. The number of nitriles is 1. The normalized spacial score (nSPS) is 14.1. The van der Waals surface area contributed by atoms with Gasteiger partial charge in [0.25, 0.3) is 0 Å². The third-order valence-electron chi connectivity index (χ3n) is 2.63. The highest BCUT2D eigenvalue weighted by atomic mass is 16.2. The Kier molecular flexibility index (Phi) is 5.75. The monoisotopic (exact) mass is 198 g/mol.